The number of carbonyl (C=O) groups excluding carboxylic acids is 1. The molecule has 0 unspecified atom stereocenters. The molecule has 1 aliphatic heterocycles. The van der Waals surface area contributed by atoms with Crippen molar-refractivity contribution in [3.8, 4) is 0 Å². The first-order valence-electron chi connectivity index (χ1n) is 7.12. The lowest BCUT2D eigenvalue weighted by molar-refractivity contribution is -0.116. The van der Waals surface area contributed by atoms with Crippen LogP contribution in [0.25, 0.3) is 0 Å². The average Bonchev–Trinajstić information content (AvgIpc) is 2.43. The van der Waals surface area contributed by atoms with E-state index in [1.165, 1.54) is 32.4 Å². The quantitative estimate of drug-likeness (QED) is 0.801. The molecule has 1 aliphatic rings. The molecule has 1 aromatic rings. The summed E-state index contributed by atoms with van der Waals surface area (Å²) in [5.41, 5.74) is 7.13. The van der Waals surface area contributed by atoms with Crippen molar-refractivity contribution in [1.82, 2.24) is 4.90 Å². The van der Waals surface area contributed by atoms with Gasteiger partial charge < -0.3 is 16.0 Å². The monoisotopic (exact) mass is 261 g/mol. The molecule has 0 aromatic heterocycles. The van der Waals surface area contributed by atoms with E-state index < -0.39 is 0 Å². The summed E-state index contributed by atoms with van der Waals surface area (Å²) in [5.74, 6) is 0.0850. The summed E-state index contributed by atoms with van der Waals surface area (Å²) in [4.78, 5) is 14.2. The number of piperidine rings is 1. The van der Waals surface area contributed by atoms with Crippen molar-refractivity contribution in [3.63, 3.8) is 0 Å². The van der Waals surface area contributed by atoms with Crippen LogP contribution in [0.3, 0.4) is 0 Å². The first-order valence-corrected chi connectivity index (χ1v) is 7.12. The minimum absolute atomic E-state index is 0.0850. The molecule has 3 N–H and O–H groups in total. The Morgan fingerprint density at radius 1 is 1.16 bits per heavy atom. The van der Waals surface area contributed by atoms with Crippen LogP contribution in [0.2, 0.25) is 0 Å². The Labute approximate surface area is 115 Å². The minimum atomic E-state index is 0.0850. The van der Waals surface area contributed by atoms with Gasteiger partial charge in [-0.05, 0) is 63.2 Å². The summed E-state index contributed by atoms with van der Waals surface area (Å²) in [7, 11) is 0. The lowest BCUT2D eigenvalue weighted by Crippen LogP contribution is -2.31. The SMILES string of the molecule is Nc1ccc(NC(=O)CCCN2CCCCC2)cc1. The number of nitrogen functional groups attached to an aromatic ring is 1. The standard InChI is InChI=1S/C15H23N3O/c16-13-6-8-14(9-7-13)17-15(19)5-4-12-18-10-2-1-3-11-18/h6-9H,1-5,10-12,16H2,(H,17,19). The molecule has 104 valence electrons. The molecule has 1 fully saturated rings. The minimum Gasteiger partial charge on any atom is -0.399 e. The summed E-state index contributed by atoms with van der Waals surface area (Å²) in [6.45, 7) is 3.42. The van der Waals surface area contributed by atoms with Crippen LogP contribution in [0.5, 0.6) is 0 Å². The molecule has 0 bridgehead atoms. The van der Waals surface area contributed by atoms with Crippen LogP contribution >= 0.6 is 0 Å². The smallest absolute Gasteiger partial charge is 0.224 e. The van der Waals surface area contributed by atoms with E-state index in [2.05, 4.69) is 10.2 Å². The molecule has 0 saturated carbocycles. The number of carbonyl (C=O) groups is 1. The Balaban J connectivity index is 1.65. The summed E-state index contributed by atoms with van der Waals surface area (Å²) in [6.07, 6.45) is 5.48. The van der Waals surface area contributed by atoms with Crippen LogP contribution < -0.4 is 11.1 Å². The second kappa shape index (κ2) is 7.14. The number of benzene rings is 1. The van der Waals surface area contributed by atoms with Crippen molar-refractivity contribution >= 4 is 17.3 Å². The van der Waals surface area contributed by atoms with E-state index in [1.54, 1.807) is 12.1 Å². The predicted octanol–water partition coefficient (Wildman–Crippen LogP) is 2.47. The molecule has 4 heteroatoms. The highest BCUT2D eigenvalue weighted by Crippen LogP contribution is 2.12. The Morgan fingerprint density at radius 3 is 2.53 bits per heavy atom. The zero-order valence-corrected chi connectivity index (χ0v) is 11.4. The Kier molecular flexibility index (Phi) is 5.21. The van der Waals surface area contributed by atoms with E-state index in [0.717, 1.165) is 18.7 Å². The zero-order chi connectivity index (χ0) is 13.5. The molecule has 2 rings (SSSR count). The first-order chi connectivity index (χ1) is 9.24. The van der Waals surface area contributed by atoms with E-state index in [1.807, 2.05) is 12.1 Å². The fraction of sp³-hybridized carbons (Fsp3) is 0.533. The van der Waals surface area contributed by atoms with Gasteiger partial charge in [0, 0.05) is 17.8 Å². The Morgan fingerprint density at radius 2 is 1.84 bits per heavy atom. The molecule has 1 saturated heterocycles. The molecule has 0 atom stereocenters. The molecule has 19 heavy (non-hydrogen) atoms. The van der Waals surface area contributed by atoms with Gasteiger partial charge in [0.25, 0.3) is 0 Å². The fourth-order valence-electron chi connectivity index (χ4n) is 2.44. The van der Waals surface area contributed by atoms with Crippen LogP contribution in [0, 0.1) is 0 Å². The number of nitrogens with two attached hydrogens (primary N) is 1. The number of nitrogens with zero attached hydrogens (tertiary/aromatic N) is 1. The molecule has 1 aromatic carbocycles. The largest absolute Gasteiger partial charge is 0.399 e. The van der Waals surface area contributed by atoms with Crippen LogP contribution in [0.1, 0.15) is 32.1 Å². The van der Waals surface area contributed by atoms with Crippen molar-refractivity contribution in [2.45, 2.75) is 32.1 Å². The molecule has 4 nitrogen and oxygen atoms in total. The summed E-state index contributed by atoms with van der Waals surface area (Å²) >= 11 is 0. The van der Waals surface area contributed by atoms with E-state index >= 15 is 0 Å². The zero-order valence-electron chi connectivity index (χ0n) is 11.4. The van der Waals surface area contributed by atoms with Crippen molar-refractivity contribution in [1.29, 1.82) is 0 Å². The fourth-order valence-corrected chi connectivity index (χ4v) is 2.44. The number of nitrogens with one attached hydrogen (secondary N) is 1. The topological polar surface area (TPSA) is 58.4 Å². The van der Waals surface area contributed by atoms with Crippen molar-refractivity contribution in [2.24, 2.45) is 0 Å². The molecular formula is C15H23N3O. The van der Waals surface area contributed by atoms with Crippen LogP contribution in [0.4, 0.5) is 11.4 Å². The van der Waals surface area contributed by atoms with Gasteiger partial charge in [-0.2, -0.15) is 0 Å². The number of likely N-dealkylation sites (tertiary alicyclic amines) is 1. The Bertz CT molecular complexity index is 396. The summed E-state index contributed by atoms with van der Waals surface area (Å²) in [6, 6.07) is 7.25. The van der Waals surface area contributed by atoms with Gasteiger partial charge >= 0.3 is 0 Å². The van der Waals surface area contributed by atoms with Gasteiger partial charge in [0.15, 0.2) is 0 Å². The molecular weight excluding hydrogens is 238 g/mol. The van der Waals surface area contributed by atoms with Gasteiger partial charge in [0.1, 0.15) is 0 Å². The van der Waals surface area contributed by atoms with Crippen LogP contribution in [-0.2, 0) is 4.79 Å². The van der Waals surface area contributed by atoms with Gasteiger partial charge in [0.2, 0.25) is 5.91 Å². The molecule has 1 heterocycles. The maximum absolute atomic E-state index is 11.8. The number of amides is 1. The maximum Gasteiger partial charge on any atom is 0.224 e. The Hall–Kier alpha value is -1.55. The van der Waals surface area contributed by atoms with Crippen molar-refractivity contribution < 1.29 is 4.79 Å². The number of anilines is 2. The van der Waals surface area contributed by atoms with Crippen molar-refractivity contribution in [2.75, 3.05) is 30.7 Å². The van der Waals surface area contributed by atoms with E-state index in [4.69, 9.17) is 5.73 Å². The van der Waals surface area contributed by atoms with Gasteiger partial charge in [-0.25, -0.2) is 0 Å². The average molecular weight is 261 g/mol. The third kappa shape index (κ3) is 4.91. The third-order valence-corrected chi connectivity index (χ3v) is 3.52. The molecule has 0 aliphatic carbocycles. The van der Waals surface area contributed by atoms with E-state index in [9.17, 15) is 4.79 Å². The number of hydrogen-bond acceptors (Lipinski definition) is 3. The summed E-state index contributed by atoms with van der Waals surface area (Å²) in [5, 5.41) is 2.89. The van der Waals surface area contributed by atoms with Crippen LogP contribution in [-0.4, -0.2) is 30.4 Å². The highest BCUT2D eigenvalue weighted by Gasteiger charge is 2.10. The second-order valence-electron chi connectivity index (χ2n) is 5.18. The van der Waals surface area contributed by atoms with Gasteiger partial charge in [-0.15, -0.1) is 0 Å². The first kappa shape index (κ1) is 13.9. The molecule has 0 radical (unpaired) electrons. The van der Waals surface area contributed by atoms with Crippen LogP contribution in [0.15, 0.2) is 24.3 Å². The number of hydrogen-bond donors (Lipinski definition) is 2. The highest BCUT2D eigenvalue weighted by atomic mass is 16.1. The number of rotatable bonds is 5. The molecule has 1 amide bonds. The van der Waals surface area contributed by atoms with E-state index in [-0.39, 0.29) is 5.91 Å². The lowest BCUT2D eigenvalue weighted by Gasteiger charge is -2.26. The van der Waals surface area contributed by atoms with E-state index in [0.29, 0.717) is 12.1 Å². The van der Waals surface area contributed by atoms with Gasteiger partial charge in [-0.3, -0.25) is 4.79 Å². The summed E-state index contributed by atoms with van der Waals surface area (Å²) < 4.78 is 0. The van der Waals surface area contributed by atoms with Gasteiger partial charge in [0.05, 0.1) is 0 Å². The normalized spacial score (nSPS) is 16.2. The second-order valence-corrected chi connectivity index (χ2v) is 5.18. The maximum atomic E-state index is 11.8. The predicted molar refractivity (Wildman–Crippen MR) is 79.0 cm³/mol. The molecule has 0 spiro atoms. The highest BCUT2D eigenvalue weighted by molar-refractivity contribution is 5.90. The van der Waals surface area contributed by atoms with Gasteiger partial charge in [-0.1, -0.05) is 6.42 Å². The van der Waals surface area contributed by atoms with Crippen molar-refractivity contribution in [3.05, 3.63) is 24.3 Å². The lowest BCUT2D eigenvalue weighted by atomic mass is 10.1. The third-order valence-electron chi connectivity index (χ3n) is 3.52.